The van der Waals surface area contributed by atoms with Crippen molar-refractivity contribution in [3.8, 4) is 5.75 Å². The van der Waals surface area contributed by atoms with Crippen LogP contribution in [0.25, 0.3) is 0 Å². The van der Waals surface area contributed by atoms with Crippen molar-refractivity contribution in [1.29, 1.82) is 0 Å². The van der Waals surface area contributed by atoms with Gasteiger partial charge in [0, 0.05) is 25.7 Å². The molecule has 0 unspecified atom stereocenters. The summed E-state index contributed by atoms with van der Waals surface area (Å²) in [7, 11) is 0. The van der Waals surface area contributed by atoms with Crippen molar-refractivity contribution in [2.75, 3.05) is 19.7 Å². The Labute approximate surface area is 143 Å². The molecule has 6 heteroatoms. The van der Waals surface area contributed by atoms with E-state index < -0.39 is 6.04 Å². The van der Waals surface area contributed by atoms with Crippen LogP contribution in [0, 0.1) is 0 Å². The standard InChI is InChI=1S/C18H27N3O3/c1-4-24-15-7-5-14(6-8-15)12-21-10-9-19-18(23)16(21)11-17(22)20-13(2)3/h5-8,13,16H,4,9-12H2,1-3H3,(H,19,23)(H,20,22)/t16-/m1/s1. The predicted octanol–water partition coefficient (Wildman–Crippen LogP) is 1.30. The van der Waals surface area contributed by atoms with Crippen LogP contribution in [0.3, 0.4) is 0 Å². The van der Waals surface area contributed by atoms with E-state index in [4.69, 9.17) is 4.74 Å². The van der Waals surface area contributed by atoms with Crippen molar-refractivity contribution in [2.24, 2.45) is 0 Å². The van der Waals surface area contributed by atoms with Crippen LogP contribution in [0.5, 0.6) is 5.75 Å². The Bertz CT molecular complexity index is 557. The van der Waals surface area contributed by atoms with E-state index in [1.165, 1.54) is 0 Å². The Morgan fingerprint density at radius 1 is 1.38 bits per heavy atom. The molecular formula is C18H27N3O3. The summed E-state index contributed by atoms with van der Waals surface area (Å²) in [5.74, 6) is 0.667. The fraction of sp³-hybridized carbons (Fsp3) is 0.556. The number of benzene rings is 1. The van der Waals surface area contributed by atoms with Crippen LogP contribution < -0.4 is 15.4 Å². The average molecular weight is 333 g/mol. The topological polar surface area (TPSA) is 70.7 Å². The molecule has 1 heterocycles. The number of carbonyl (C=O) groups excluding carboxylic acids is 2. The summed E-state index contributed by atoms with van der Waals surface area (Å²) in [6.07, 6.45) is 0.182. The zero-order valence-electron chi connectivity index (χ0n) is 14.7. The van der Waals surface area contributed by atoms with E-state index in [1.807, 2.05) is 45.0 Å². The van der Waals surface area contributed by atoms with Gasteiger partial charge in [0.2, 0.25) is 11.8 Å². The third kappa shape index (κ3) is 5.23. The summed E-state index contributed by atoms with van der Waals surface area (Å²) in [6.45, 7) is 8.40. The maximum atomic E-state index is 12.2. The molecule has 6 nitrogen and oxygen atoms in total. The van der Waals surface area contributed by atoms with Gasteiger partial charge in [0.05, 0.1) is 19.1 Å². The average Bonchev–Trinajstić information content (AvgIpc) is 2.52. The molecule has 1 aliphatic heterocycles. The minimum absolute atomic E-state index is 0.0729. The van der Waals surface area contributed by atoms with E-state index in [1.54, 1.807) is 0 Å². The normalized spacial score (nSPS) is 18.3. The second-order valence-electron chi connectivity index (χ2n) is 6.28. The molecule has 0 radical (unpaired) electrons. The molecule has 0 bridgehead atoms. The smallest absolute Gasteiger partial charge is 0.237 e. The highest BCUT2D eigenvalue weighted by molar-refractivity contribution is 5.88. The first-order valence-corrected chi connectivity index (χ1v) is 8.52. The van der Waals surface area contributed by atoms with E-state index >= 15 is 0 Å². The Kier molecular flexibility index (Phi) is 6.61. The van der Waals surface area contributed by atoms with Gasteiger partial charge in [-0.25, -0.2) is 0 Å². The molecular weight excluding hydrogens is 306 g/mol. The number of piperazine rings is 1. The van der Waals surface area contributed by atoms with Gasteiger partial charge in [-0.1, -0.05) is 12.1 Å². The van der Waals surface area contributed by atoms with Crippen LogP contribution >= 0.6 is 0 Å². The number of amides is 2. The van der Waals surface area contributed by atoms with E-state index in [0.717, 1.165) is 17.9 Å². The number of rotatable bonds is 7. The van der Waals surface area contributed by atoms with Crippen molar-refractivity contribution in [1.82, 2.24) is 15.5 Å². The molecule has 2 amide bonds. The van der Waals surface area contributed by atoms with Gasteiger partial charge in [0.15, 0.2) is 0 Å². The zero-order chi connectivity index (χ0) is 17.5. The van der Waals surface area contributed by atoms with Crippen LogP contribution in [0.2, 0.25) is 0 Å². The van der Waals surface area contributed by atoms with Gasteiger partial charge in [-0.3, -0.25) is 14.5 Å². The lowest BCUT2D eigenvalue weighted by atomic mass is 10.1. The van der Waals surface area contributed by atoms with E-state index in [-0.39, 0.29) is 24.3 Å². The summed E-state index contributed by atoms with van der Waals surface area (Å²) in [4.78, 5) is 26.3. The monoisotopic (exact) mass is 333 g/mol. The molecule has 1 aromatic carbocycles. The first-order valence-electron chi connectivity index (χ1n) is 8.52. The molecule has 0 aliphatic carbocycles. The fourth-order valence-corrected chi connectivity index (χ4v) is 2.82. The maximum absolute atomic E-state index is 12.2. The van der Waals surface area contributed by atoms with Crippen LogP contribution in [-0.4, -0.2) is 48.5 Å². The highest BCUT2D eigenvalue weighted by Crippen LogP contribution is 2.17. The van der Waals surface area contributed by atoms with Crippen LogP contribution in [-0.2, 0) is 16.1 Å². The van der Waals surface area contributed by atoms with Crippen LogP contribution in [0.1, 0.15) is 32.8 Å². The van der Waals surface area contributed by atoms with Crippen LogP contribution in [0.4, 0.5) is 0 Å². The molecule has 0 aromatic heterocycles. The second kappa shape index (κ2) is 8.68. The highest BCUT2D eigenvalue weighted by atomic mass is 16.5. The molecule has 1 aliphatic rings. The quantitative estimate of drug-likeness (QED) is 0.789. The van der Waals surface area contributed by atoms with Gasteiger partial charge >= 0.3 is 0 Å². The molecule has 1 aromatic rings. The molecule has 2 N–H and O–H groups in total. The third-order valence-corrected chi connectivity index (χ3v) is 3.89. The first kappa shape index (κ1) is 18.3. The fourth-order valence-electron chi connectivity index (χ4n) is 2.82. The SMILES string of the molecule is CCOc1ccc(CN2CCNC(=O)[C@H]2CC(=O)NC(C)C)cc1. The summed E-state index contributed by atoms with van der Waals surface area (Å²) < 4.78 is 5.45. The molecule has 24 heavy (non-hydrogen) atoms. The lowest BCUT2D eigenvalue weighted by molar-refractivity contribution is -0.134. The Balaban J connectivity index is 2.02. The Morgan fingerprint density at radius 3 is 2.71 bits per heavy atom. The van der Waals surface area contributed by atoms with E-state index in [9.17, 15) is 9.59 Å². The summed E-state index contributed by atoms with van der Waals surface area (Å²) >= 11 is 0. The first-order chi connectivity index (χ1) is 11.5. The van der Waals surface area contributed by atoms with Gasteiger partial charge in [0.1, 0.15) is 5.75 Å². The lowest BCUT2D eigenvalue weighted by Crippen LogP contribution is -2.56. The summed E-state index contributed by atoms with van der Waals surface area (Å²) in [5.41, 5.74) is 1.10. The van der Waals surface area contributed by atoms with Crippen LogP contribution in [0.15, 0.2) is 24.3 Å². The molecule has 1 atom stereocenters. The summed E-state index contributed by atoms with van der Waals surface area (Å²) in [5, 5.41) is 5.71. The lowest BCUT2D eigenvalue weighted by Gasteiger charge is -2.34. The Hall–Kier alpha value is -2.08. The van der Waals surface area contributed by atoms with Crippen molar-refractivity contribution in [2.45, 2.75) is 45.8 Å². The predicted molar refractivity (Wildman–Crippen MR) is 92.7 cm³/mol. The number of hydrogen-bond donors (Lipinski definition) is 2. The van der Waals surface area contributed by atoms with Crippen molar-refractivity contribution in [3.05, 3.63) is 29.8 Å². The van der Waals surface area contributed by atoms with E-state index in [2.05, 4.69) is 15.5 Å². The third-order valence-electron chi connectivity index (χ3n) is 3.89. The second-order valence-corrected chi connectivity index (χ2v) is 6.28. The molecule has 0 spiro atoms. The van der Waals surface area contributed by atoms with Gasteiger partial charge in [-0.2, -0.15) is 0 Å². The number of nitrogens with one attached hydrogen (secondary N) is 2. The van der Waals surface area contributed by atoms with Gasteiger partial charge < -0.3 is 15.4 Å². The molecule has 1 fully saturated rings. The Morgan fingerprint density at radius 2 is 2.08 bits per heavy atom. The minimum Gasteiger partial charge on any atom is -0.494 e. The van der Waals surface area contributed by atoms with Crippen molar-refractivity contribution >= 4 is 11.8 Å². The number of carbonyl (C=O) groups is 2. The number of hydrogen-bond acceptors (Lipinski definition) is 4. The molecule has 1 saturated heterocycles. The molecule has 132 valence electrons. The largest absolute Gasteiger partial charge is 0.494 e. The number of nitrogens with zero attached hydrogens (tertiary/aromatic N) is 1. The summed E-state index contributed by atoms with van der Waals surface area (Å²) in [6, 6.07) is 7.52. The number of ether oxygens (including phenoxy) is 1. The zero-order valence-corrected chi connectivity index (χ0v) is 14.7. The van der Waals surface area contributed by atoms with Gasteiger partial charge in [0.25, 0.3) is 0 Å². The maximum Gasteiger partial charge on any atom is 0.237 e. The van der Waals surface area contributed by atoms with Crippen molar-refractivity contribution < 1.29 is 14.3 Å². The van der Waals surface area contributed by atoms with Gasteiger partial charge in [-0.15, -0.1) is 0 Å². The molecule has 2 rings (SSSR count). The van der Waals surface area contributed by atoms with Gasteiger partial charge in [-0.05, 0) is 38.5 Å². The van der Waals surface area contributed by atoms with Crippen molar-refractivity contribution in [3.63, 3.8) is 0 Å². The minimum atomic E-state index is -0.427. The van der Waals surface area contributed by atoms with E-state index in [0.29, 0.717) is 19.7 Å². The highest BCUT2D eigenvalue weighted by Gasteiger charge is 2.31. The molecule has 0 saturated carbocycles.